The maximum atomic E-state index is 12.5. The van der Waals surface area contributed by atoms with E-state index in [2.05, 4.69) is 27.9 Å². The Morgan fingerprint density at radius 3 is 2.71 bits per heavy atom. The van der Waals surface area contributed by atoms with Crippen LogP contribution in [0.25, 0.3) is 0 Å². The Morgan fingerprint density at radius 2 is 1.94 bits per heavy atom. The van der Waals surface area contributed by atoms with Crippen molar-refractivity contribution >= 4 is 35.0 Å². The van der Waals surface area contributed by atoms with Crippen LogP contribution in [0.4, 0.5) is 0 Å². The van der Waals surface area contributed by atoms with Gasteiger partial charge in [0.2, 0.25) is 5.91 Å². The van der Waals surface area contributed by atoms with E-state index in [1.54, 1.807) is 6.07 Å². The van der Waals surface area contributed by atoms with Gasteiger partial charge in [-0.05, 0) is 43.0 Å². The third-order valence-corrected chi connectivity index (χ3v) is 5.91. The summed E-state index contributed by atoms with van der Waals surface area (Å²) >= 11 is 11.9. The van der Waals surface area contributed by atoms with Gasteiger partial charge in [0.25, 0.3) is 5.91 Å². The molecular formula is C23H22Cl2N4O2. The van der Waals surface area contributed by atoms with E-state index >= 15 is 0 Å². The largest absolute Gasteiger partial charge is 0.348 e. The lowest BCUT2D eigenvalue weighted by molar-refractivity contribution is -0.121. The highest BCUT2D eigenvalue weighted by molar-refractivity contribution is 6.36. The summed E-state index contributed by atoms with van der Waals surface area (Å²) in [5, 5.41) is 10.9. The van der Waals surface area contributed by atoms with Gasteiger partial charge in [-0.1, -0.05) is 53.5 Å². The molecule has 0 aliphatic heterocycles. The zero-order valence-electron chi connectivity index (χ0n) is 16.8. The van der Waals surface area contributed by atoms with Gasteiger partial charge in [-0.25, -0.2) is 0 Å². The first-order valence-electron chi connectivity index (χ1n) is 10.1. The van der Waals surface area contributed by atoms with Gasteiger partial charge in [0.15, 0.2) is 0 Å². The van der Waals surface area contributed by atoms with Crippen molar-refractivity contribution in [3.63, 3.8) is 0 Å². The van der Waals surface area contributed by atoms with E-state index in [-0.39, 0.29) is 29.1 Å². The number of fused-ring (bicyclic) bond motifs is 1. The number of hydrogen-bond acceptors (Lipinski definition) is 3. The lowest BCUT2D eigenvalue weighted by Gasteiger charge is -2.24. The van der Waals surface area contributed by atoms with E-state index < -0.39 is 5.91 Å². The number of hydrogen-bond donors (Lipinski definition) is 2. The minimum absolute atomic E-state index is 0.114. The molecule has 6 nitrogen and oxygen atoms in total. The van der Waals surface area contributed by atoms with Gasteiger partial charge < -0.3 is 10.6 Å². The molecule has 3 aromatic rings. The van der Waals surface area contributed by atoms with Crippen LogP contribution in [0.3, 0.4) is 0 Å². The summed E-state index contributed by atoms with van der Waals surface area (Å²) in [5.74, 6) is -0.677. The van der Waals surface area contributed by atoms with Gasteiger partial charge in [-0.3, -0.25) is 14.3 Å². The molecule has 2 N–H and O–H groups in total. The zero-order valence-corrected chi connectivity index (χ0v) is 18.3. The Morgan fingerprint density at radius 1 is 1.13 bits per heavy atom. The van der Waals surface area contributed by atoms with Gasteiger partial charge in [-0.2, -0.15) is 5.10 Å². The molecule has 1 aromatic heterocycles. The zero-order chi connectivity index (χ0) is 21.8. The molecule has 0 fully saturated rings. The minimum atomic E-state index is -0.420. The topological polar surface area (TPSA) is 76.0 Å². The average Bonchev–Trinajstić information content (AvgIpc) is 3.16. The number of carbonyl (C=O) groups excluding carboxylic acids is 2. The second-order valence-corrected chi connectivity index (χ2v) is 8.35. The molecule has 4 rings (SSSR count). The molecule has 2 aromatic carbocycles. The van der Waals surface area contributed by atoms with Crippen LogP contribution in [0.2, 0.25) is 10.0 Å². The summed E-state index contributed by atoms with van der Waals surface area (Å²) < 4.78 is 2.01. The molecule has 1 aliphatic carbocycles. The predicted octanol–water partition coefficient (Wildman–Crippen LogP) is 4.16. The first kappa shape index (κ1) is 21.4. The van der Waals surface area contributed by atoms with Crippen LogP contribution in [0.5, 0.6) is 0 Å². The minimum Gasteiger partial charge on any atom is -0.348 e. The van der Waals surface area contributed by atoms with Gasteiger partial charge >= 0.3 is 0 Å². The molecule has 1 atom stereocenters. The molecule has 2 amide bonds. The summed E-state index contributed by atoms with van der Waals surface area (Å²) in [4.78, 5) is 24.8. The molecule has 0 bridgehead atoms. The van der Waals surface area contributed by atoms with Crippen molar-refractivity contribution in [2.75, 3.05) is 6.54 Å². The normalized spacial score (nSPS) is 15.2. The van der Waals surface area contributed by atoms with Crippen molar-refractivity contribution in [1.29, 1.82) is 0 Å². The number of carbonyl (C=O) groups is 2. The van der Waals surface area contributed by atoms with E-state index in [9.17, 15) is 9.59 Å². The molecule has 8 heteroatoms. The van der Waals surface area contributed by atoms with Gasteiger partial charge in [0.05, 0.1) is 35.9 Å². The van der Waals surface area contributed by atoms with Crippen LogP contribution in [-0.2, 0) is 17.8 Å². The number of nitrogens with zero attached hydrogens (tertiary/aromatic N) is 2. The van der Waals surface area contributed by atoms with Crippen molar-refractivity contribution in [3.8, 4) is 0 Å². The molecule has 1 heterocycles. The first-order chi connectivity index (χ1) is 15.0. The number of halogens is 2. The monoisotopic (exact) mass is 456 g/mol. The first-order valence-corrected chi connectivity index (χ1v) is 10.9. The third kappa shape index (κ3) is 5.09. The van der Waals surface area contributed by atoms with E-state index in [1.165, 1.54) is 17.7 Å². The Hall–Kier alpha value is -2.83. The van der Waals surface area contributed by atoms with Crippen molar-refractivity contribution in [3.05, 3.63) is 87.2 Å². The smallest absolute Gasteiger partial charge is 0.253 e. The Bertz CT molecular complexity index is 1100. The summed E-state index contributed by atoms with van der Waals surface area (Å²) in [6, 6.07) is 14.7. The van der Waals surface area contributed by atoms with Crippen LogP contribution < -0.4 is 10.6 Å². The molecule has 1 unspecified atom stereocenters. The van der Waals surface area contributed by atoms with Gasteiger partial charge in [0, 0.05) is 16.3 Å². The van der Waals surface area contributed by atoms with Gasteiger partial charge in [-0.15, -0.1) is 0 Å². The molecule has 1 aliphatic rings. The Labute approximate surface area is 190 Å². The van der Waals surface area contributed by atoms with Gasteiger partial charge in [0.1, 0.15) is 0 Å². The SMILES string of the molecule is O=C(CNC(=O)c1ccc(Cl)cc1Cl)NC1CCCc2c1cnn2Cc1ccccc1. The highest BCUT2D eigenvalue weighted by atomic mass is 35.5. The Kier molecular flexibility index (Phi) is 6.59. The maximum absolute atomic E-state index is 12.5. The number of aromatic nitrogens is 2. The summed E-state index contributed by atoms with van der Waals surface area (Å²) in [5.41, 5.74) is 3.66. The second kappa shape index (κ2) is 9.54. The maximum Gasteiger partial charge on any atom is 0.253 e. The molecule has 31 heavy (non-hydrogen) atoms. The van der Waals surface area contributed by atoms with Crippen LogP contribution >= 0.6 is 23.2 Å². The fraction of sp³-hybridized carbons (Fsp3) is 0.261. The lowest BCUT2D eigenvalue weighted by Crippen LogP contribution is -2.39. The van der Waals surface area contributed by atoms with Crippen molar-refractivity contribution in [2.45, 2.75) is 31.8 Å². The fourth-order valence-corrected chi connectivity index (χ4v) is 4.33. The molecule has 0 spiro atoms. The van der Waals surface area contributed by atoms with E-state index in [1.807, 2.05) is 29.1 Å². The van der Waals surface area contributed by atoms with Crippen molar-refractivity contribution < 1.29 is 9.59 Å². The van der Waals surface area contributed by atoms with Crippen molar-refractivity contribution in [2.24, 2.45) is 0 Å². The van der Waals surface area contributed by atoms with E-state index in [0.29, 0.717) is 11.6 Å². The summed E-state index contributed by atoms with van der Waals surface area (Å²) in [6.45, 7) is 0.566. The number of rotatable bonds is 6. The molecule has 0 saturated carbocycles. The third-order valence-electron chi connectivity index (χ3n) is 5.36. The lowest BCUT2D eigenvalue weighted by atomic mass is 9.93. The highest BCUT2D eigenvalue weighted by Gasteiger charge is 2.25. The number of benzene rings is 2. The molecular weight excluding hydrogens is 435 g/mol. The van der Waals surface area contributed by atoms with Crippen LogP contribution in [-0.4, -0.2) is 28.1 Å². The number of nitrogens with one attached hydrogen (secondary N) is 2. The molecule has 0 saturated heterocycles. The molecule has 0 radical (unpaired) electrons. The highest BCUT2D eigenvalue weighted by Crippen LogP contribution is 2.30. The average molecular weight is 457 g/mol. The molecule has 160 valence electrons. The van der Waals surface area contributed by atoms with E-state index in [4.69, 9.17) is 23.2 Å². The van der Waals surface area contributed by atoms with Crippen molar-refractivity contribution in [1.82, 2.24) is 20.4 Å². The summed E-state index contributed by atoms with van der Waals surface area (Å²) in [7, 11) is 0. The van der Waals surface area contributed by atoms with Crippen LogP contribution in [0, 0.1) is 0 Å². The Balaban J connectivity index is 1.37. The van der Waals surface area contributed by atoms with E-state index in [0.717, 1.165) is 30.5 Å². The standard InChI is InChI=1S/C23H22Cl2N4O2/c24-16-9-10-17(19(25)11-16)23(31)26-13-22(30)28-20-7-4-8-21-18(20)12-27-29(21)14-15-5-2-1-3-6-15/h1-3,5-6,9-12,20H,4,7-8,13-14H2,(H,26,31)(H,28,30). The van der Waals surface area contributed by atoms with Crippen LogP contribution in [0.1, 0.15) is 46.1 Å². The summed E-state index contributed by atoms with van der Waals surface area (Å²) in [6.07, 6.45) is 4.58. The quantitative estimate of drug-likeness (QED) is 0.584. The second-order valence-electron chi connectivity index (χ2n) is 7.51. The number of amides is 2. The predicted molar refractivity (Wildman–Crippen MR) is 120 cm³/mol. The fourth-order valence-electron chi connectivity index (χ4n) is 3.84. The van der Waals surface area contributed by atoms with Crippen LogP contribution in [0.15, 0.2) is 54.7 Å².